The second-order valence-corrected chi connectivity index (χ2v) is 3.31. The second-order valence-electron chi connectivity index (χ2n) is 2.94. The first-order chi connectivity index (χ1) is 7.16. The predicted octanol–water partition coefficient (Wildman–Crippen LogP) is 0.383. The van der Waals surface area contributed by atoms with E-state index in [0.29, 0.717) is 12.2 Å². The highest BCUT2D eigenvalue weighted by molar-refractivity contribution is 6.30. The third-order valence-electron chi connectivity index (χ3n) is 1.86. The number of hydrogen-bond donors (Lipinski definition) is 2. The fourth-order valence-electron chi connectivity index (χ4n) is 1.19. The van der Waals surface area contributed by atoms with Gasteiger partial charge in [0, 0.05) is 12.4 Å². The minimum absolute atomic E-state index is 0. The van der Waals surface area contributed by atoms with Crippen LogP contribution in [0.2, 0.25) is 5.02 Å². The molecule has 0 fully saturated rings. The number of nitrogens with zero attached hydrogens (tertiary/aromatic N) is 2. The van der Waals surface area contributed by atoms with Gasteiger partial charge in [0.15, 0.2) is 0 Å². The number of rotatable bonds is 2. The smallest absolute Gasteiger partial charge is 0.326 e. The van der Waals surface area contributed by atoms with Gasteiger partial charge in [-0.2, -0.15) is 0 Å². The van der Waals surface area contributed by atoms with Crippen LogP contribution in [0.5, 0.6) is 0 Å². The topological polar surface area (TPSA) is 83.5 Å². The number of H-pyrrole nitrogens is 2. The summed E-state index contributed by atoms with van der Waals surface area (Å²) in [5.74, 6) is 0. The minimum atomic E-state index is -0.587. The second kappa shape index (κ2) is 5.00. The first-order valence-corrected chi connectivity index (χ1v) is 4.51. The van der Waals surface area contributed by atoms with E-state index >= 15 is 0 Å². The van der Waals surface area contributed by atoms with E-state index in [-0.39, 0.29) is 17.4 Å². The van der Waals surface area contributed by atoms with Gasteiger partial charge in [-0.3, -0.25) is 9.78 Å². The molecular weight excluding hydrogens is 255 g/mol. The zero-order valence-electron chi connectivity index (χ0n) is 7.94. The Bertz CT molecular complexity index is 572. The molecule has 0 aliphatic carbocycles. The lowest BCUT2D eigenvalue weighted by Gasteiger charge is -2.03. The van der Waals surface area contributed by atoms with Gasteiger partial charge >= 0.3 is 5.69 Å². The minimum Gasteiger partial charge on any atom is -0.332 e. The monoisotopic (exact) mass is 262 g/mol. The lowest BCUT2D eigenvalue weighted by molar-refractivity contribution is 0.759. The Morgan fingerprint density at radius 2 is 2.12 bits per heavy atom. The standard InChI is InChI=1S/C8H7ClN4O2.ClH/c9-6-5(3-13-2-1-10-4-13)11-8(15)12-7(6)14;/h1-2,4H,3H2,(H2,11,12,14,15);1H. The van der Waals surface area contributed by atoms with Gasteiger partial charge in [0.2, 0.25) is 0 Å². The number of aromatic amines is 2. The van der Waals surface area contributed by atoms with Crippen LogP contribution in [0.3, 0.4) is 0 Å². The van der Waals surface area contributed by atoms with Gasteiger partial charge in [0.25, 0.3) is 5.56 Å². The van der Waals surface area contributed by atoms with Crippen molar-refractivity contribution in [1.29, 1.82) is 0 Å². The lowest BCUT2D eigenvalue weighted by atomic mass is 10.4. The molecule has 2 aromatic rings. The van der Waals surface area contributed by atoms with Crippen molar-refractivity contribution < 1.29 is 0 Å². The van der Waals surface area contributed by atoms with Gasteiger partial charge in [-0.15, -0.1) is 12.4 Å². The number of aromatic nitrogens is 4. The molecule has 0 unspecified atom stereocenters. The van der Waals surface area contributed by atoms with Crippen molar-refractivity contribution in [1.82, 2.24) is 19.5 Å². The number of nitrogens with one attached hydrogen (secondary N) is 2. The van der Waals surface area contributed by atoms with Crippen molar-refractivity contribution in [3.05, 3.63) is 50.3 Å². The van der Waals surface area contributed by atoms with Crippen molar-refractivity contribution in [2.75, 3.05) is 0 Å². The summed E-state index contributed by atoms with van der Waals surface area (Å²) < 4.78 is 1.69. The zero-order valence-corrected chi connectivity index (χ0v) is 9.51. The molecule has 2 aromatic heterocycles. The van der Waals surface area contributed by atoms with Crippen molar-refractivity contribution in [3.8, 4) is 0 Å². The summed E-state index contributed by atoms with van der Waals surface area (Å²) in [6, 6.07) is 0. The summed E-state index contributed by atoms with van der Waals surface area (Å²) in [6.45, 7) is 0.304. The van der Waals surface area contributed by atoms with E-state index in [4.69, 9.17) is 11.6 Å². The van der Waals surface area contributed by atoms with Crippen LogP contribution in [-0.4, -0.2) is 19.5 Å². The maximum atomic E-state index is 11.2. The van der Waals surface area contributed by atoms with Crippen molar-refractivity contribution in [2.24, 2.45) is 0 Å². The summed E-state index contributed by atoms with van der Waals surface area (Å²) in [7, 11) is 0. The van der Waals surface area contributed by atoms with Crippen LogP contribution in [0.4, 0.5) is 0 Å². The zero-order chi connectivity index (χ0) is 10.8. The molecule has 0 aromatic carbocycles. The van der Waals surface area contributed by atoms with Crippen LogP contribution in [0.15, 0.2) is 28.3 Å². The van der Waals surface area contributed by atoms with Gasteiger partial charge < -0.3 is 9.55 Å². The molecule has 0 aliphatic heterocycles. The highest BCUT2D eigenvalue weighted by Gasteiger charge is 2.06. The molecule has 16 heavy (non-hydrogen) atoms. The molecular formula is C8H8Cl2N4O2. The normalized spacial score (nSPS) is 9.81. The SMILES string of the molecule is Cl.O=c1[nH]c(Cn2ccnc2)c(Cl)c(=O)[nH]1. The Morgan fingerprint density at radius 1 is 1.38 bits per heavy atom. The highest BCUT2D eigenvalue weighted by atomic mass is 35.5. The van der Waals surface area contributed by atoms with Crippen LogP contribution in [-0.2, 0) is 6.54 Å². The van der Waals surface area contributed by atoms with Gasteiger partial charge in [0.05, 0.1) is 18.6 Å². The molecule has 0 atom stereocenters. The van der Waals surface area contributed by atoms with Crippen molar-refractivity contribution >= 4 is 24.0 Å². The largest absolute Gasteiger partial charge is 0.332 e. The highest BCUT2D eigenvalue weighted by Crippen LogP contribution is 2.06. The average molecular weight is 263 g/mol. The Kier molecular flexibility index (Phi) is 3.92. The van der Waals surface area contributed by atoms with Gasteiger partial charge in [-0.1, -0.05) is 11.6 Å². The molecule has 0 radical (unpaired) electrons. The molecule has 0 amide bonds. The molecule has 8 heteroatoms. The first-order valence-electron chi connectivity index (χ1n) is 4.13. The van der Waals surface area contributed by atoms with Crippen molar-refractivity contribution in [3.63, 3.8) is 0 Å². The van der Waals surface area contributed by atoms with E-state index in [1.54, 1.807) is 23.3 Å². The van der Waals surface area contributed by atoms with Crippen LogP contribution in [0, 0.1) is 0 Å². The van der Waals surface area contributed by atoms with Crippen LogP contribution in [0.25, 0.3) is 0 Å². The molecule has 0 saturated carbocycles. The Hall–Kier alpha value is -1.53. The molecule has 2 heterocycles. The molecule has 2 N–H and O–H groups in total. The summed E-state index contributed by atoms with van der Waals surface area (Å²) in [5, 5.41) is -0.0108. The molecule has 2 rings (SSSR count). The van der Waals surface area contributed by atoms with E-state index in [2.05, 4.69) is 9.97 Å². The Morgan fingerprint density at radius 3 is 2.75 bits per heavy atom. The maximum absolute atomic E-state index is 11.2. The number of imidazole rings is 1. The lowest BCUT2D eigenvalue weighted by Crippen LogP contribution is -2.25. The Balaban J connectivity index is 0.00000128. The molecule has 0 spiro atoms. The summed E-state index contributed by atoms with van der Waals surface area (Å²) in [4.78, 5) is 30.5. The number of halogens is 2. The van der Waals surface area contributed by atoms with Crippen LogP contribution >= 0.6 is 24.0 Å². The molecule has 0 saturated heterocycles. The third-order valence-corrected chi connectivity index (χ3v) is 2.26. The molecule has 86 valence electrons. The predicted molar refractivity (Wildman–Crippen MR) is 61.3 cm³/mol. The quantitative estimate of drug-likeness (QED) is 0.821. The van der Waals surface area contributed by atoms with Crippen molar-refractivity contribution in [2.45, 2.75) is 6.54 Å². The van der Waals surface area contributed by atoms with E-state index in [9.17, 15) is 9.59 Å². The van der Waals surface area contributed by atoms with Crippen LogP contribution in [0.1, 0.15) is 5.69 Å². The molecule has 0 aliphatic rings. The summed E-state index contributed by atoms with van der Waals surface area (Å²) in [6.07, 6.45) is 4.87. The first kappa shape index (κ1) is 12.5. The van der Waals surface area contributed by atoms with Crippen LogP contribution < -0.4 is 11.2 Å². The van der Waals surface area contributed by atoms with Gasteiger partial charge in [-0.25, -0.2) is 9.78 Å². The molecule has 0 bridgehead atoms. The third kappa shape index (κ3) is 2.53. The number of hydrogen-bond acceptors (Lipinski definition) is 3. The average Bonchev–Trinajstić information content (AvgIpc) is 2.66. The fraction of sp³-hybridized carbons (Fsp3) is 0.125. The van der Waals surface area contributed by atoms with E-state index < -0.39 is 11.2 Å². The summed E-state index contributed by atoms with van der Waals surface area (Å²) >= 11 is 5.73. The summed E-state index contributed by atoms with van der Waals surface area (Å²) in [5.41, 5.74) is -0.793. The van der Waals surface area contributed by atoms with Gasteiger partial charge in [0.1, 0.15) is 5.02 Å². The van der Waals surface area contributed by atoms with E-state index in [0.717, 1.165) is 0 Å². The fourth-order valence-corrected chi connectivity index (χ4v) is 1.34. The Labute approximate surface area is 101 Å². The maximum Gasteiger partial charge on any atom is 0.326 e. The van der Waals surface area contributed by atoms with E-state index in [1.165, 1.54) is 0 Å². The van der Waals surface area contributed by atoms with Gasteiger partial charge in [-0.05, 0) is 0 Å². The molecule has 6 nitrogen and oxygen atoms in total. The van der Waals surface area contributed by atoms with E-state index in [1.807, 2.05) is 4.98 Å².